The summed E-state index contributed by atoms with van der Waals surface area (Å²) in [6.07, 6.45) is 7.23. The zero-order chi connectivity index (χ0) is 23.0. The Morgan fingerprint density at radius 2 is 1.70 bits per heavy atom. The average molecular weight is 446 g/mol. The van der Waals surface area contributed by atoms with Gasteiger partial charge in [-0.25, -0.2) is 4.98 Å². The Morgan fingerprint density at radius 1 is 0.970 bits per heavy atom. The van der Waals surface area contributed by atoms with Crippen molar-refractivity contribution in [3.05, 3.63) is 77.0 Å². The fraction of sp³-hybridized carbons (Fsp3) is 0.414. The van der Waals surface area contributed by atoms with Gasteiger partial charge in [0.05, 0.1) is 11.8 Å². The first-order valence-corrected chi connectivity index (χ1v) is 12.2. The molecular formula is C29H35NO3. The molecule has 33 heavy (non-hydrogen) atoms. The first kappa shape index (κ1) is 23.3. The normalized spacial score (nSPS) is 16.0. The molecule has 1 aromatic heterocycles. The minimum Gasteiger partial charge on any atom is -0.507 e. The summed E-state index contributed by atoms with van der Waals surface area (Å²) in [7, 11) is 0. The highest BCUT2D eigenvalue weighted by atomic mass is 16.5. The molecule has 2 heterocycles. The molecule has 1 aliphatic rings. The van der Waals surface area contributed by atoms with E-state index < -0.39 is 0 Å². The molecule has 0 saturated carbocycles. The Kier molecular flexibility index (Phi) is 8.01. The molecule has 1 unspecified atom stereocenters. The predicted molar refractivity (Wildman–Crippen MR) is 133 cm³/mol. The van der Waals surface area contributed by atoms with Crippen LogP contribution in [0.25, 0.3) is 11.1 Å². The highest BCUT2D eigenvalue weighted by molar-refractivity contribution is 5.73. The number of nitrogens with zero attached hydrogens (tertiary/aromatic N) is 1. The van der Waals surface area contributed by atoms with Crippen molar-refractivity contribution in [1.82, 2.24) is 4.98 Å². The van der Waals surface area contributed by atoms with Crippen LogP contribution in [0.2, 0.25) is 0 Å². The fourth-order valence-electron chi connectivity index (χ4n) is 4.39. The first-order chi connectivity index (χ1) is 16.1. The molecule has 0 aliphatic carbocycles. The fourth-order valence-corrected chi connectivity index (χ4v) is 4.39. The molecule has 1 aliphatic heterocycles. The molecule has 0 bridgehead atoms. The molecule has 1 saturated heterocycles. The topological polar surface area (TPSA) is 51.6 Å². The second-order valence-corrected chi connectivity index (χ2v) is 9.03. The molecule has 0 spiro atoms. The summed E-state index contributed by atoms with van der Waals surface area (Å²) in [5, 5.41) is 11.0. The average Bonchev–Trinajstić information content (AvgIpc) is 2.84. The van der Waals surface area contributed by atoms with Crippen molar-refractivity contribution in [3.63, 3.8) is 0 Å². The van der Waals surface area contributed by atoms with Crippen LogP contribution in [-0.2, 0) is 24.0 Å². The van der Waals surface area contributed by atoms with Crippen molar-refractivity contribution < 1.29 is 14.6 Å². The molecule has 4 rings (SSSR count). The summed E-state index contributed by atoms with van der Waals surface area (Å²) >= 11 is 0. The molecule has 4 nitrogen and oxygen atoms in total. The van der Waals surface area contributed by atoms with Crippen LogP contribution in [0.5, 0.6) is 11.6 Å². The minimum absolute atomic E-state index is 0.101. The highest BCUT2D eigenvalue weighted by Gasteiger charge is 2.18. The van der Waals surface area contributed by atoms with E-state index in [4.69, 9.17) is 14.5 Å². The van der Waals surface area contributed by atoms with Gasteiger partial charge in [-0.1, -0.05) is 67.4 Å². The van der Waals surface area contributed by atoms with Crippen LogP contribution in [0.4, 0.5) is 0 Å². The summed E-state index contributed by atoms with van der Waals surface area (Å²) in [6.45, 7) is 5.53. The Bertz CT molecular complexity index is 1020. The van der Waals surface area contributed by atoms with Gasteiger partial charge in [0.2, 0.25) is 5.88 Å². The summed E-state index contributed by atoms with van der Waals surface area (Å²) in [4.78, 5) is 4.84. The van der Waals surface area contributed by atoms with Gasteiger partial charge in [-0.05, 0) is 62.1 Å². The lowest BCUT2D eigenvalue weighted by Crippen LogP contribution is -2.26. The number of ether oxygens (including phenoxy) is 2. The van der Waals surface area contributed by atoms with Crippen LogP contribution in [0, 0.1) is 6.92 Å². The van der Waals surface area contributed by atoms with Crippen LogP contribution in [-0.4, -0.2) is 29.4 Å². The standard InChI is InChI=1S/C29H35NO3/c1-3-6-22-10-12-23(13-11-22)14-17-26-29(24-15-8-21(2)9-16-24)27(31)19-28(30-26)33-20-25-7-4-5-18-32-25/h8-13,15-16,19,25H,3-7,14,17-18,20H2,1-2H3,(H,30,31). The van der Waals surface area contributed by atoms with Crippen molar-refractivity contribution >= 4 is 0 Å². The van der Waals surface area contributed by atoms with Crippen molar-refractivity contribution in [2.75, 3.05) is 13.2 Å². The molecule has 0 radical (unpaired) electrons. The van der Waals surface area contributed by atoms with Gasteiger partial charge in [0.15, 0.2) is 0 Å². The number of hydrogen-bond acceptors (Lipinski definition) is 4. The number of pyridine rings is 1. The SMILES string of the molecule is CCCc1ccc(CCc2nc(OCC3CCCCO3)cc(O)c2-c2ccc(C)cc2)cc1. The molecule has 2 aromatic carbocycles. The van der Waals surface area contributed by atoms with Crippen molar-refractivity contribution in [2.24, 2.45) is 0 Å². The largest absolute Gasteiger partial charge is 0.507 e. The third-order valence-corrected chi connectivity index (χ3v) is 6.29. The number of aromatic nitrogens is 1. The number of rotatable bonds is 9. The maximum atomic E-state index is 11.0. The predicted octanol–water partition coefficient (Wildman–Crippen LogP) is 6.45. The minimum atomic E-state index is 0.101. The van der Waals surface area contributed by atoms with Crippen LogP contribution in [0.3, 0.4) is 0 Å². The van der Waals surface area contributed by atoms with Crippen LogP contribution >= 0.6 is 0 Å². The summed E-state index contributed by atoms with van der Waals surface area (Å²) < 4.78 is 11.8. The number of benzene rings is 2. The van der Waals surface area contributed by atoms with Crippen LogP contribution in [0.15, 0.2) is 54.6 Å². The van der Waals surface area contributed by atoms with Gasteiger partial charge in [-0.3, -0.25) is 0 Å². The number of aryl methyl sites for hydroxylation is 4. The zero-order valence-corrected chi connectivity index (χ0v) is 19.8. The van der Waals surface area contributed by atoms with Gasteiger partial charge >= 0.3 is 0 Å². The van der Waals surface area contributed by atoms with Gasteiger partial charge in [0.1, 0.15) is 12.4 Å². The van der Waals surface area contributed by atoms with E-state index in [1.54, 1.807) is 6.07 Å². The van der Waals surface area contributed by atoms with E-state index in [-0.39, 0.29) is 11.9 Å². The number of hydrogen-bond donors (Lipinski definition) is 1. The van der Waals surface area contributed by atoms with Crippen molar-refractivity contribution in [2.45, 2.75) is 64.9 Å². The molecule has 3 aromatic rings. The lowest BCUT2D eigenvalue weighted by atomic mass is 9.97. The second kappa shape index (κ2) is 11.3. The molecular weight excluding hydrogens is 410 g/mol. The summed E-state index contributed by atoms with van der Waals surface area (Å²) in [6, 6.07) is 18.7. The zero-order valence-electron chi connectivity index (χ0n) is 19.8. The highest BCUT2D eigenvalue weighted by Crippen LogP contribution is 2.35. The van der Waals surface area contributed by atoms with Crippen LogP contribution in [0.1, 0.15) is 55.0 Å². The van der Waals surface area contributed by atoms with E-state index in [9.17, 15) is 5.11 Å². The Hall–Kier alpha value is -2.85. The lowest BCUT2D eigenvalue weighted by Gasteiger charge is -2.22. The van der Waals surface area contributed by atoms with E-state index in [2.05, 4.69) is 50.2 Å². The molecule has 174 valence electrons. The van der Waals surface area contributed by atoms with E-state index >= 15 is 0 Å². The monoisotopic (exact) mass is 445 g/mol. The molecule has 4 heteroatoms. The van der Waals surface area contributed by atoms with Gasteiger partial charge < -0.3 is 14.6 Å². The Morgan fingerprint density at radius 3 is 2.36 bits per heavy atom. The Balaban J connectivity index is 1.56. The Labute approximate surface area is 197 Å². The third-order valence-electron chi connectivity index (χ3n) is 6.29. The van der Waals surface area contributed by atoms with Crippen LogP contribution < -0.4 is 4.74 Å². The molecule has 0 amide bonds. The smallest absolute Gasteiger partial charge is 0.217 e. The number of aromatic hydroxyl groups is 1. The maximum Gasteiger partial charge on any atom is 0.217 e. The first-order valence-electron chi connectivity index (χ1n) is 12.2. The second-order valence-electron chi connectivity index (χ2n) is 9.03. The quantitative estimate of drug-likeness (QED) is 0.411. The summed E-state index contributed by atoms with van der Waals surface area (Å²) in [5.74, 6) is 0.674. The summed E-state index contributed by atoms with van der Waals surface area (Å²) in [5.41, 5.74) is 6.45. The van der Waals surface area contributed by atoms with Gasteiger partial charge in [0.25, 0.3) is 0 Å². The van der Waals surface area contributed by atoms with Crippen molar-refractivity contribution in [1.29, 1.82) is 0 Å². The van der Waals surface area contributed by atoms with E-state index in [1.807, 2.05) is 12.1 Å². The molecule has 1 N–H and O–H groups in total. The maximum absolute atomic E-state index is 11.0. The third kappa shape index (κ3) is 6.35. The molecule has 1 atom stereocenters. The van der Waals surface area contributed by atoms with Gasteiger partial charge in [-0.15, -0.1) is 0 Å². The molecule has 1 fully saturated rings. The lowest BCUT2D eigenvalue weighted by molar-refractivity contribution is -0.0120. The van der Waals surface area contributed by atoms with Crippen molar-refractivity contribution in [3.8, 4) is 22.8 Å². The van der Waals surface area contributed by atoms with Gasteiger partial charge in [0, 0.05) is 18.2 Å². The van der Waals surface area contributed by atoms with E-state index in [0.717, 1.165) is 62.0 Å². The van der Waals surface area contributed by atoms with Gasteiger partial charge in [-0.2, -0.15) is 0 Å². The van der Waals surface area contributed by atoms with E-state index in [1.165, 1.54) is 23.1 Å². The van der Waals surface area contributed by atoms with E-state index in [0.29, 0.717) is 12.5 Å².